The van der Waals surface area contributed by atoms with Crippen molar-refractivity contribution in [3.8, 4) is 0 Å². The number of carbonyl (C=O) groups is 3. The quantitative estimate of drug-likeness (QED) is 0.476. The largest absolute Gasteiger partial charge is 0.462 e. The summed E-state index contributed by atoms with van der Waals surface area (Å²) < 4.78 is 4.84. The second-order valence-corrected chi connectivity index (χ2v) is 4.57. The van der Waals surface area contributed by atoms with Crippen molar-refractivity contribution in [3.63, 3.8) is 0 Å². The maximum Gasteiger partial charge on any atom is 0.338 e. The molecule has 1 unspecified atom stereocenters. The fourth-order valence-corrected chi connectivity index (χ4v) is 1.75. The van der Waals surface area contributed by atoms with E-state index in [2.05, 4.69) is 15.9 Å². The molecule has 0 aliphatic rings. The Kier molecular flexibility index (Phi) is 5.22. The van der Waals surface area contributed by atoms with E-state index in [-0.39, 0.29) is 23.5 Å². The second kappa shape index (κ2) is 6.44. The second-order valence-electron chi connectivity index (χ2n) is 3.66. The fraction of sp³-hybridized carbons (Fsp3) is 0.308. The van der Waals surface area contributed by atoms with Crippen molar-refractivity contribution in [1.29, 1.82) is 0 Å². The molecule has 0 aromatic heterocycles. The van der Waals surface area contributed by atoms with E-state index in [1.54, 1.807) is 13.0 Å². The van der Waals surface area contributed by atoms with Crippen LogP contribution in [0.5, 0.6) is 0 Å². The van der Waals surface area contributed by atoms with Gasteiger partial charge in [-0.1, -0.05) is 22.0 Å². The average molecular weight is 313 g/mol. The zero-order valence-corrected chi connectivity index (χ0v) is 11.7. The topological polar surface area (TPSA) is 60.4 Å². The van der Waals surface area contributed by atoms with E-state index < -0.39 is 10.8 Å². The first-order valence-electron chi connectivity index (χ1n) is 5.42. The number of halogens is 1. The van der Waals surface area contributed by atoms with Crippen molar-refractivity contribution in [1.82, 2.24) is 0 Å². The summed E-state index contributed by atoms with van der Waals surface area (Å²) in [6.45, 7) is 3.38. The van der Waals surface area contributed by atoms with Gasteiger partial charge in [0.15, 0.2) is 6.29 Å². The number of ketones is 1. The number of carbonyl (C=O) groups excluding carboxylic acids is 3. The van der Waals surface area contributed by atoms with Crippen LogP contribution < -0.4 is 0 Å². The lowest BCUT2D eigenvalue weighted by Gasteiger charge is -2.09. The molecule has 5 heteroatoms. The summed E-state index contributed by atoms with van der Waals surface area (Å²) in [7, 11) is 0. The molecule has 0 saturated heterocycles. The minimum absolute atomic E-state index is 0.0734. The Morgan fingerprint density at radius 2 is 2.11 bits per heavy atom. The number of hydrogen-bond acceptors (Lipinski definition) is 4. The highest BCUT2D eigenvalue weighted by atomic mass is 79.9. The van der Waals surface area contributed by atoms with Gasteiger partial charge in [0.05, 0.1) is 17.0 Å². The molecule has 96 valence electrons. The average Bonchev–Trinajstić information content (AvgIpc) is 2.37. The lowest BCUT2D eigenvalue weighted by Crippen LogP contribution is -2.09. The molecule has 0 heterocycles. The van der Waals surface area contributed by atoms with Gasteiger partial charge in [-0.3, -0.25) is 9.59 Å². The first kappa shape index (κ1) is 14.6. The third kappa shape index (κ3) is 3.26. The first-order valence-corrected chi connectivity index (χ1v) is 6.33. The Labute approximate surface area is 113 Å². The van der Waals surface area contributed by atoms with E-state index >= 15 is 0 Å². The van der Waals surface area contributed by atoms with Gasteiger partial charge < -0.3 is 4.74 Å². The zero-order chi connectivity index (χ0) is 13.7. The Morgan fingerprint density at radius 3 is 2.61 bits per heavy atom. The van der Waals surface area contributed by atoms with Crippen LogP contribution in [0.3, 0.4) is 0 Å². The fourth-order valence-electron chi connectivity index (χ4n) is 1.47. The monoisotopic (exact) mass is 312 g/mol. The van der Waals surface area contributed by atoms with E-state index in [1.807, 2.05) is 0 Å². The van der Waals surface area contributed by atoms with E-state index in [0.717, 1.165) is 0 Å². The van der Waals surface area contributed by atoms with Crippen molar-refractivity contribution >= 4 is 34.0 Å². The molecule has 1 aromatic rings. The molecule has 0 N–H and O–H groups in total. The number of rotatable bonds is 5. The van der Waals surface area contributed by atoms with Crippen molar-refractivity contribution in [2.24, 2.45) is 0 Å². The molecule has 1 rings (SSSR count). The van der Waals surface area contributed by atoms with Crippen LogP contribution in [0.15, 0.2) is 18.2 Å². The van der Waals surface area contributed by atoms with Crippen molar-refractivity contribution in [2.45, 2.75) is 18.7 Å². The maximum absolute atomic E-state index is 11.6. The van der Waals surface area contributed by atoms with E-state index in [4.69, 9.17) is 4.74 Å². The van der Waals surface area contributed by atoms with Crippen LogP contribution in [0, 0.1) is 0 Å². The Morgan fingerprint density at radius 1 is 1.44 bits per heavy atom. The molecule has 0 amide bonds. The van der Waals surface area contributed by atoms with Gasteiger partial charge in [-0.25, -0.2) is 4.79 Å². The molecule has 0 aliphatic carbocycles. The molecule has 0 radical (unpaired) electrons. The predicted octanol–water partition coefficient (Wildman–Crippen LogP) is 2.70. The normalized spacial score (nSPS) is 11.7. The number of hydrogen-bond donors (Lipinski definition) is 0. The third-order valence-corrected chi connectivity index (χ3v) is 3.52. The van der Waals surface area contributed by atoms with Gasteiger partial charge in [-0.2, -0.15) is 0 Å². The summed E-state index contributed by atoms with van der Waals surface area (Å²) in [6, 6.07) is 4.63. The van der Waals surface area contributed by atoms with Crippen LogP contribution in [0.1, 0.15) is 45.0 Å². The number of alkyl halides is 1. The van der Waals surface area contributed by atoms with Crippen LogP contribution in [-0.2, 0) is 9.53 Å². The summed E-state index contributed by atoms with van der Waals surface area (Å²) in [6.07, 6.45) is 0.579. The molecule has 0 fully saturated rings. The van der Waals surface area contributed by atoms with Crippen molar-refractivity contribution in [2.75, 3.05) is 6.61 Å². The third-order valence-electron chi connectivity index (χ3n) is 2.35. The van der Waals surface area contributed by atoms with Crippen LogP contribution in [-0.4, -0.2) is 24.6 Å². The van der Waals surface area contributed by atoms with Gasteiger partial charge in [-0.05, 0) is 31.5 Å². The Bertz CT molecular complexity index is 482. The van der Waals surface area contributed by atoms with Crippen LogP contribution in [0.2, 0.25) is 0 Å². The number of Topliss-reactive ketones (excluding diaryl/α,β-unsaturated/α-hetero) is 1. The van der Waals surface area contributed by atoms with Gasteiger partial charge in [0.1, 0.15) is 5.78 Å². The first-order chi connectivity index (χ1) is 8.51. The molecule has 4 nitrogen and oxygen atoms in total. The van der Waals surface area contributed by atoms with Crippen LogP contribution in [0.25, 0.3) is 0 Å². The number of ether oxygens (including phenoxy) is 1. The minimum Gasteiger partial charge on any atom is -0.462 e. The lowest BCUT2D eigenvalue weighted by molar-refractivity contribution is -0.116. The van der Waals surface area contributed by atoms with E-state index in [0.29, 0.717) is 11.8 Å². The SMILES string of the molecule is CCOC(=O)c1ccc(C(Br)C(C)=O)cc1C=O. The highest BCUT2D eigenvalue weighted by molar-refractivity contribution is 9.09. The maximum atomic E-state index is 11.6. The van der Waals surface area contributed by atoms with Crippen LogP contribution in [0.4, 0.5) is 0 Å². The highest BCUT2D eigenvalue weighted by Crippen LogP contribution is 2.25. The molecule has 0 bridgehead atoms. The zero-order valence-electron chi connectivity index (χ0n) is 10.1. The number of esters is 1. The summed E-state index contributed by atoms with van der Waals surface area (Å²) in [5.74, 6) is -0.615. The lowest BCUT2D eigenvalue weighted by atomic mass is 10.0. The van der Waals surface area contributed by atoms with E-state index in [9.17, 15) is 14.4 Å². The number of aldehydes is 1. The molecule has 1 aromatic carbocycles. The molecule has 0 spiro atoms. The molecule has 0 aliphatic heterocycles. The summed E-state index contributed by atoms with van der Waals surface area (Å²) in [5, 5.41) is 0. The molecule has 0 saturated carbocycles. The molecule has 18 heavy (non-hydrogen) atoms. The standard InChI is InChI=1S/C13H13BrO4/c1-3-18-13(17)11-5-4-9(6-10(11)7-15)12(14)8(2)16/h4-7,12H,3H2,1-2H3. The predicted molar refractivity (Wildman–Crippen MR) is 70.1 cm³/mol. The van der Waals surface area contributed by atoms with Gasteiger partial charge in [0, 0.05) is 5.56 Å². The van der Waals surface area contributed by atoms with Crippen molar-refractivity contribution < 1.29 is 19.1 Å². The highest BCUT2D eigenvalue weighted by Gasteiger charge is 2.17. The Balaban J connectivity index is 3.15. The van der Waals surface area contributed by atoms with Crippen LogP contribution >= 0.6 is 15.9 Å². The van der Waals surface area contributed by atoms with Gasteiger partial charge in [0.2, 0.25) is 0 Å². The summed E-state index contributed by atoms with van der Waals surface area (Å²) in [5.41, 5.74) is 1.06. The van der Waals surface area contributed by atoms with Gasteiger partial charge in [-0.15, -0.1) is 0 Å². The number of benzene rings is 1. The summed E-state index contributed by atoms with van der Waals surface area (Å²) in [4.78, 5) is 33.3. The Hall–Kier alpha value is -1.49. The smallest absolute Gasteiger partial charge is 0.338 e. The minimum atomic E-state index is -0.542. The molecular formula is C13H13BrO4. The van der Waals surface area contributed by atoms with Crippen molar-refractivity contribution in [3.05, 3.63) is 34.9 Å². The summed E-state index contributed by atoms with van der Waals surface area (Å²) >= 11 is 3.22. The van der Waals surface area contributed by atoms with Gasteiger partial charge in [0.25, 0.3) is 0 Å². The van der Waals surface area contributed by atoms with Gasteiger partial charge >= 0.3 is 5.97 Å². The van der Waals surface area contributed by atoms with E-state index in [1.165, 1.54) is 19.1 Å². The molecule has 1 atom stereocenters. The molecular weight excluding hydrogens is 300 g/mol.